The van der Waals surface area contributed by atoms with Gasteiger partial charge in [0, 0.05) is 45.3 Å². The molecule has 1 saturated heterocycles. The van der Waals surface area contributed by atoms with Crippen LogP contribution in [0.1, 0.15) is 11.1 Å². The third-order valence-electron chi connectivity index (χ3n) is 4.00. The number of nitrogens with one attached hydrogen (secondary N) is 1. The van der Waals surface area contributed by atoms with Crippen LogP contribution < -0.4 is 10.1 Å². The predicted octanol–water partition coefficient (Wildman–Crippen LogP) is 1.64. The molecule has 0 saturated carbocycles. The van der Waals surface area contributed by atoms with Gasteiger partial charge in [0.15, 0.2) is 5.11 Å². The molecule has 128 valence electrons. The van der Waals surface area contributed by atoms with Gasteiger partial charge < -0.3 is 19.7 Å². The van der Waals surface area contributed by atoms with E-state index in [0.29, 0.717) is 0 Å². The lowest BCUT2D eigenvalue weighted by Gasteiger charge is -2.28. The highest BCUT2D eigenvalue weighted by molar-refractivity contribution is 7.80. The number of nitrogens with zero attached hydrogens (tertiary/aromatic N) is 2. The standard InChI is InChI=1S/C17H27N3O2S/c1-14-4-5-16(21-3)15(12-14)13-19(2)17(23)18-6-7-20-8-10-22-11-9-20/h4-5,12H,6-11,13H2,1-3H3,(H,18,23). The monoisotopic (exact) mass is 337 g/mol. The van der Waals surface area contributed by atoms with E-state index in [1.54, 1.807) is 7.11 Å². The normalized spacial score (nSPS) is 15.3. The highest BCUT2D eigenvalue weighted by atomic mass is 32.1. The molecular weight excluding hydrogens is 310 g/mol. The Morgan fingerprint density at radius 1 is 1.39 bits per heavy atom. The minimum Gasteiger partial charge on any atom is -0.496 e. The molecule has 1 N–H and O–H groups in total. The van der Waals surface area contributed by atoms with Crippen LogP contribution in [0.5, 0.6) is 5.75 Å². The summed E-state index contributed by atoms with van der Waals surface area (Å²) < 4.78 is 10.8. The molecule has 1 aliphatic heterocycles. The molecule has 1 fully saturated rings. The fraction of sp³-hybridized carbons (Fsp3) is 0.588. The Morgan fingerprint density at radius 3 is 2.83 bits per heavy atom. The van der Waals surface area contributed by atoms with Gasteiger partial charge in [0.05, 0.1) is 20.3 Å². The van der Waals surface area contributed by atoms with Gasteiger partial charge in [-0.15, -0.1) is 0 Å². The first-order chi connectivity index (χ1) is 11.1. The summed E-state index contributed by atoms with van der Waals surface area (Å²) in [4.78, 5) is 4.44. The molecule has 1 aromatic carbocycles. The molecule has 0 aromatic heterocycles. The SMILES string of the molecule is COc1ccc(C)cc1CN(C)C(=S)NCCN1CCOCC1. The number of rotatable bonds is 6. The number of methoxy groups -OCH3 is 1. The van der Waals surface area contributed by atoms with Crippen molar-refractivity contribution in [3.05, 3.63) is 29.3 Å². The van der Waals surface area contributed by atoms with Crippen molar-refractivity contribution in [3.63, 3.8) is 0 Å². The maximum Gasteiger partial charge on any atom is 0.169 e. The molecule has 1 aromatic rings. The van der Waals surface area contributed by atoms with Crippen LogP contribution in [0.4, 0.5) is 0 Å². The van der Waals surface area contributed by atoms with Crippen LogP contribution in [0.15, 0.2) is 18.2 Å². The minimum absolute atomic E-state index is 0.730. The molecule has 0 radical (unpaired) electrons. The zero-order chi connectivity index (χ0) is 16.7. The van der Waals surface area contributed by atoms with Gasteiger partial charge in [-0.1, -0.05) is 17.7 Å². The van der Waals surface area contributed by atoms with Crippen LogP contribution in [0.3, 0.4) is 0 Å². The molecule has 0 aliphatic carbocycles. The number of benzene rings is 1. The van der Waals surface area contributed by atoms with Gasteiger partial charge >= 0.3 is 0 Å². The first-order valence-corrected chi connectivity index (χ1v) is 8.43. The molecule has 0 atom stereocenters. The van der Waals surface area contributed by atoms with Crippen molar-refractivity contribution >= 4 is 17.3 Å². The van der Waals surface area contributed by atoms with Gasteiger partial charge in [-0.3, -0.25) is 4.90 Å². The molecule has 5 nitrogen and oxygen atoms in total. The number of hydrogen-bond acceptors (Lipinski definition) is 4. The third-order valence-corrected chi connectivity index (χ3v) is 4.45. The third kappa shape index (κ3) is 5.64. The Hall–Kier alpha value is -1.37. The predicted molar refractivity (Wildman–Crippen MR) is 97.1 cm³/mol. The Kier molecular flexibility index (Phi) is 7.08. The fourth-order valence-electron chi connectivity index (χ4n) is 2.64. The average molecular weight is 337 g/mol. The Morgan fingerprint density at radius 2 is 2.13 bits per heavy atom. The topological polar surface area (TPSA) is 37.0 Å². The molecule has 0 amide bonds. The van der Waals surface area contributed by atoms with Crippen molar-refractivity contribution in [1.82, 2.24) is 15.1 Å². The first-order valence-electron chi connectivity index (χ1n) is 8.02. The van der Waals surface area contributed by atoms with E-state index in [1.165, 1.54) is 5.56 Å². The number of ether oxygens (including phenoxy) is 2. The molecule has 6 heteroatoms. The fourth-order valence-corrected chi connectivity index (χ4v) is 2.81. The van der Waals surface area contributed by atoms with E-state index in [1.807, 2.05) is 18.0 Å². The second kappa shape index (κ2) is 9.05. The van der Waals surface area contributed by atoms with Crippen molar-refractivity contribution in [3.8, 4) is 5.75 Å². The molecule has 1 aliphatic rings. The molecule has 2 rings (SSSR count). The van der Waals surface area contributed by atoms with Gasteiger partial charge in [0.2, 0.25) is 0 Å². The zero-order valence-electron chi connectivity index (χ0n) is 14.3. The number of hydrogen-bond donors (Lipinski definition) is 1. The van der Waals surface area contributed by atoms with E-state index >= 15 is 0 Å². The quantitative estimate of drug-likeness (QED) is 0.796. The molecule has 1 heterocycles. The van der Waals surface area contributed by atoms with Crippen molar-refractivity contribution in [2.24, 2.45) is 0 Å². The van der Waals surface area contributed by atoms with Gasteiger partial charge in [-0.2, -0.15) is 0 Å². The lowest BCUT2D eigenvalue weighted by Crippen LogP contribution is -2.43. The second-order valence-corrected chi connectivity index (χ2v) is 6.24. The summed E-state index contributed by atoms with van der Waals surface area (Å²) in [5.41, 5.74) is 2.37. The summed E-state index contributed by atoms with van der Waals surface area (Å²) in [7, 11) is 3.71. The van der Waals surface area contributed by atoms with Crippen LogP contribution in [-0.4, -0.2) is 68.5 Å². The summed E-state index contributed by atoms with van der Waals surface area (Å²) in [6.45, 7) is 8.33. The Labute approximate surface area is 144 Å². The van der Waals surface area contributed by atoms with Crippen LogP contribution in [0, 0.1) is 6.92 Å². The highest BCUT2D eigenvalue weighted by Gasteiger charge is 2.12. The lowest BCUT2D eigenvalue weighted by atomic mass is 10.1. The molecule has 0 bridgehead atoms. The number of thiocarbonyl (C=S) groups is 1. The summed E-state index contributed by atoms with van der Waals surface area (Å²) >= 11 is 5.49. The Balaban J connectivity index is 1.79. The summed E-state index contributed by atoms with van der Waals surface area (Å²) in [6, 6.07) is 6.21. The van der Waals surface area contributed by atoms with Crippen molar-refractivity contribution in [1.29, 1.82) is 0 Å². The van der Waals surface area contributed by atoms with Crippen molar-refractivity contribution < 1.29 is 9.47 Å². The van der Waals surface area contributed by atoms with E-state index in [4.69, 9.17) is 21.7 Å². The van der Waals surface area contributed by atoms with Gasteiger partial charge in [0.1, 0.15) is 5.75 Å². The van der Waals surface area contributed by atoms with Gasteiger partial charge in [0.25, 0.3) is 0 Å². The summed E-state index contributed by atoms with van der Waals surface area (Å²) in [5.74, 6) is 0.901. The second-order valence-electron chi connectivity index (χ2n) is 5.86. The van der Waals surface area contributed by atoms with E-state index in [-0.39, 0.29) is 0 Å². The van der Waals surface area contributed by atoms with E-state index in [2.05, 4.69) is 29.3 Å². The van der Waals surface area contributed by atoms with Crippen LogP contribution in [-0.2, 0) is 11.3 Å². The molecule has 23 heavy (non-hydrogen) atoms. The van der Waals surface area contributed by atoms with Crippen molar-refractivity contribution in [2.75, 3.05) is 53.6 Å². The summed E-state index contributed by atoms with van der Waals surface area (Å²) in [5, 5.41) is 4.10. The first kappa shape index (κ1) is 18.0. The van der Waals surface area contributed by atoms with Crippen LogP contribution in [0.2, 0.25) is 0 Å². The van der Waals surface area contributed by atoms with E-state index in [0.717, 1.165) is 62.4 Å². The molecule has 0 unspecified atom stereocenters. The minimum atomic E-state index is 0.730. The molecule has 0 spiro atoms. The smallest absolute Gasteiger partial charge is 0.169 e. The highest BCUT2D eigenvalue weighted by Crippen LogP contribution is 2.20. The largest absolute Gasteiger partial charge is 0.496 e. The van der Waals surface area contributed by atoms with E-state index < -0.39 is 0 Å². The van der Waals surface area contributed by atoms with Gasteiger partial charge in [-0.25, -0.2) is 0 Å². The van der Waals surface area contributed by atoms with Gasteiger partial charge in [-0.05, 0) is 25.2 Å². The zero-order valence-corrected chi connectivity index (χ0v) is 15.1. The lowest BCUT2D eigenvalue weighted by molar-refractivity contribution is 0.0389. The maximum absolute atomic E-state index is 5.49. The number of morpholine rings is 1. The Bertz CT molecular complexity index is 519. The summed E-state index contributed by atoms with van der Waals surface area (Å²) in [6.07, 6.45) is 0. The number of aryl methyl sites for hydroxylation is 1. The van der Waals surface area contributed by atoms with Crippen molar-refractivity contribution in [2.45, 2.75) is 13.5 Å². The molecular formula is C17H27N3O2S. The maximum atomic E-state index is 5.49. The van der Waals surface area contributed by atoms with Crippen LogP contribution >= 0.6 is 12.2 Å². The van der Waals surface area contributed by atoms with Crippen LogP contribution in [0.25, 0.3) is 0 Å². The average Bonchev–Trinajstić information content (AvgIpc) is 2.56. The van der Waals surface area contributed by atoms with E-state index in [9.17, 15) is 0 Å².